The van der Waals surface area contributed by atoms with Gasteiger partial charge in [-0.05, 0) is 30.2 Å². The first-order valence-corrected chi connectivity index (χ1v) is 7.68. The summed E-state index contributed by atoms with van der Waals surface area (Å²) >= 11 is 0. The number of nitrogens with two attached hydrogens (primary N) is 1. The van der Waals surface area contributed by atoms with Gasteiger partial charge < -0.3 is 10.5 Å². The molecule has 0 bridgehead atoms. The summed E-state index contributed by atoms with van der Waals surface area (Å²) in [5.41, 5.74) is 7.62. The van der Waals surface area contributed by atoms with Gasteiger partial charge in [-0.2, -0.15) is 0 Å². The van der Waals surface area contributed by atoms with E-state index in [0.29, 0.717) is 6.61 Å². The highest BCUT2D eigenvalue weighted by Gasteiger charge is 2.15. The maximum Gasteiger partial charge on any atom is 0.124 e. The minimum atomic E-state index is 0.0502. The minimum absolute atomic E-state index is 0.0502. The number of ether oxygens (including phenoxy) is 1. The molecule has 2 aromatic carbocycles. The molecule has 2 heteroatoms. The Morgan fingerprint density at radius 1 is 1.05 bits per heavy atom. The molecule has 0 aliphatic heterocycles. The standard InChI is InChI=1S/C18H25NO/c1-3-5-6-11-16(19)18-15-10-8-7-9-14(15)12-13-17(18)20-4-2/h7-10,12-13,16H,3-6,11,19H2,1-2H3/t16-/m1/s1. The molecule has 0 unspecified atom stereocenters. The van der Waals surface area contributed by atoms with E-state index in [9.17, 15) is 0 Å². The second-order valence-corrected chi connectivity index (χ2v) is 5.23. The summed E-state index contributed by atoms with van der Waals surface area (Å²) in [6, 6.07) is 12.6. The summed E-state index contributed by atoms with van der Waals surface area (Å²) in [4.78, 5) is 0. The van der Waals surface area contributed by atoms with Crippen molar-refractivity contribution >= 4 is 10.8 Å². The lowest BCUT2D eigenvalue weighted by atomic mass is 9.94. The van der Waals surface area contributed by atoms with Crippen LogP contribution in [0.1, 0.15) is 51.1 Å². The topological polar surface area (TPSA) is 35.2 Å². The fraction of sp³-hybridized carbons (Fsp3) is 0.444. The third-order valence-electron chi connectivity index (χ3n) is 3.72. The highest BCUT2D eigenvalue weighted by molar-refractivity contribution is 5.88. The van der Waals surface area contributed by atoms with Gasteiger partial charge in [0.2, 0.25) is 0 Å². The SMILES string of the molecule is CCCCC[C@@H](N)c1c(OCC)ccc2ccccc12. The van der Waals surface area contributed by atoms with Crippen LogP contribution in [0.2, 0.25) is 0 Å². The van der Waals surface area contributed by atoms with Crippen LogP contribution in [0.15, 0.2) is 36.4 Å². The van der Waals surface area contributed by atoms with E-state index in [-0.39, 0.29) is 6.04 Å². The molecule has 2 nitrogen and oxygen atoms in total. The molecule has 1 atom stereocenters. The molecular formula is C18H25NO. The zero-order valence-corrected chi connectivity index (χ0v) is 12.6. The molecular weight excluding hydrogens is 246 g/mol. The fourth-order valence-corrected chi connectivity index (χ4v) is 2.70. The van der Waals surface area contributed by atoms with E-state index < -0.39 is 0 Å². The molecule has 20 heavy (non-hydrogen) atoms. The number of hydrogen-bond donors (Lipinski definition) is 1. The van der Waals surface area contributed by atoms with Crippen LogP contribution < -0.4 is 10.5 Å². The lowest BCUT2D eigenvalue weighted by molar-refractivity contribution is 0.334. The third-order valence-corrected chi connectivity index (χ3v) is 3.72. The molecule has 0 saturated carbocycles. The van der Waals surface area contributed by atoms with Crippen molar-refractivity contribution in [1.82, 2.24) is 0 Å². The van der Waals surface area contributed by atoms with Crippen LogP contribution in [0.5, 0.6) is 5.75 Å². The normalized spacial score (nSPS) is 12.6. The van der Waals surface area contributed by atoms with Crippen LogP contribution in [0.4, 0.5) is 0 Å². The van der Waals surface area contributed by atoms with Gasteiger partial charge in [0.1, 0.15) is 5.75 Å². The summed E-state index contributed by atoms with van der Waals surface area (Å²) in [6.07, 6.45) is 4.65. The monoisotopic (exact) mass is 271 g/mol. The minimum Gasteiger partial charge on any atom is -0.494 e. The first kappa shape index (κ1) is 14.9. The average molecular weight is 271 g/mol. The summed E-state index contributed by atoms with van der Waals surface area (Å²) in [5, 5.41) is 2.46. The Bertz CT molecular complexity index is 550. The van der Waals surface area contributed by atoms with Gasteiger partial charge in [0.25, 0.3) is 0 Å². The van der Waals surface area contributed by atoms with Gasteiger partial charge in [-0.25, -0.2) is 0 Å². The van der Waals surface area contributed by atoms with Crippen molar-refractivity contribution in [2.75, 3.05) is 6.61 Å². The Labute approximate surface area is 121 Å². The van der Waals surface area contributed by atoms with Crippen molar-refractivity contribution in [3.8, 4) is 5.75 Å². The van der Waals surface area contributed by atoms with Crippen molar-refractivity contribution in [2.45, 2.75) is 45.6 Å². The third kappa shape index (κ3) is 3.31. The molecule has 0 fully saturated rings. The Kier molecular flexibility index (Phi) is 5.42. The molecule has 0 heterocycles. The summed E-state index contributed by atoms with van der Waals surface area (Å²) in [7, 11) is 0. The number of hydrogen-bond acceptors (Lipinski definition) is 2. The molecule has 2 aromatic rings. The van der Waals surface area contributed by atoms with Crippen LogP contribution in [-0.4, -0.2) is 6.61 Å². The van der Waals surface area contributed by atoms with Crippen LogP contribution >= 0.6 is 0 Å². The van der Waals surface area contributed by atoms with Gasteiger partial charge in [-0.3, -0.25) is 0 Å². The molecule has 0 aliphatic carbocycles. The van der Waals surface area contributed by atoms with E-state index in [1.165, 1.54) is 35.6 Å². The molecule has 0 spiro atoms. The smallest absolute Gasteiger partial charge is 0.124 e. The van der Waals surface area contributed by atoms with E-state index in [1.807, 2.05) is 6.92 Å². The van der Waals surface area contributed by atoms with Crippen LogP contribution in [0.3, 0.4) is 0 Å². The zero-order chi connectivity index (χ0) is 14.4. The first-order valence-electron chi connectivity index (χ1n) is 7.68. The first-order chi connectivity index (χ1) is 9.77. The number of unbranched alkanes of at least 4 members (excludes halogenated alkanes) is 2. The van der Waals surface area contributed by atoms with E-state index in [4.69, 9.17) is 10.5 Å². The lowest BCUT2D eigenvalue weighted by Gasteiger charge is -2.19. The van der Waals surface area contributed by atoms with Gasteiger partial charge in [0.05, 0.1) is 6.61 Å². The van der Waals surface area contributed by atoms with Gasteiger partial charge in [-0.1, -0.05) is 56.5 Å². The Balaban J connectivity index is 2.38. The maximum atomic E-state index is 6.45. The molecule has 0 aliphatic rings. The second kappa shape index (κ2) is 7.30. The predicted molar refractivity (Wildman–Crippen MR) is 86.2 cm³/mol. The molecule has 0 amide bonds. The maximum absolute atomic E-state index is 6.45. The largest absolute Gasteiger partial charge is 0.494 e. The molecule has 108 valence electrons. The van der Waals surface area contributed by atoms with Crippen molar-refractivity contribution in [1.29, 1.82) is 0 Å². The summed E-state index contributed by atoms with van der Waals surface area (Å²) in [6.45, 7) is 4.91. The quantitative estimate of drug-likeness (QED) is 0.733. The predicted octanol–water partition coefficient (Wildman–Crippen LogP) is 4.82. The lowest BCUT2D eigenvalue weighted by Crippen LogP contribution is -2.13. The molecule has 0 aromatic heterocycles. The van der Waals surface area contributed by atoms with Gasteiger partial charge >= 0.3 is 0 Å². The van der Waals surface area contributed by atoms with Crippen molar-refractivity contribution < 1.29 is 4.74 Å². The number of benzene rings is 2. The van der Waals surface area contributed by atoms with Gasteiger partial charge in [0, 0.05) is 11.6 Å². The number of rotatable bonds is 7. The van der Waals surface area contributed by atoms with Crippen LogP contribution in [0.25, 0.3) is 10.8 Å². The van der Waals surface area contributed by atoms with Crippen LogP contribution in [0, 0.1) is 0 Å². The second-order valence-electron chi connectivity index (χ2n) is 5.23. The number of fused-ring (bicyclic) bond motifs is 1. The highest BCUT2D eigenvalue weighted by atomic mass is 16.5. The van der Waals surface area contributed by atoms with Crippen LogP contribution in [-0.2, 0) is 0 Å². The van der Waals surface area contributed by atoms with Crippen molar-refractivity contribution in [3.63, 3.8) is 0 Å². The average Bonchev–Trinajstić information content (AvgIpc) is 2.47. The van der Waals surface area contributed by atoms with Gasteiger partial charge in [-0.15, -0.1) is 0 Å². The van der Waals surface area contributed by atoms with Crippen molar-refractivity contribution in [2.24, 2.45) is 5.73 Å². The Morgan fingerprint density at radius 3 is 2.60 bits per heavy atom. The van der Waals surface area contributed by atoms with E-state index >= 15 is 0 Å². The van der Waals surface area contributed by atoms with Gasteiger partial charge in [0.15, 0.2) is 0 Å². The summed E-state index contributed by atoms with van der Waals surface area (Å²) in [5.74, 6) is 0.940. The Hall–Kier alpha value is -1.54. The van der Waals surface area contributed by atoms with E-state index in [2.05, 4.69) is 43.3 Å². The van der Waals surface area contributed by atoms with E-state index in [1.54, 1.807) is 0 Å². The molecule has 0 radical (unpaired) electrons. The highest BCUT2D eigenvalue weighted by Crippen LogP contribution is 2.34. The zero-order valence-electron chi connectivity index (χ0n) is 12.6. The Morgan fingerprint density at radius 2 is 1.85 bits per heavy atom. The molecule has 2 rings (SSSR count). The van der Waals surface area contributed by atoms with E-state index in [0.717, 1.165) is 12.2 Å². The summed E-state index contributed by atoms with van der Waals surface area (Å²) < 4.78 is 5.79. The fourth-order valence-electron chi connectivity index (χ4n) is 2.70. The molecule has 2 N–H and O–H groups in total. The van der Waals surface area contributed by atoms with Crippen molar-refractivity contribution in [3.05, 3.63) is 42.0 Å². The molecule has 0 saturated heterocycles.